The Kier molecular flexibility index (Phi) is 3.39. The van der Waals surface area contributed by atoms with Crippen LogP contribution in [0.4, 0.5) is 0 Å². The van der Waals surface area contributed by atoms with Crippen molar-refractivity contribution in [2.24, 2.45) is 40.4 Å². The molecule has 0 spiro atoms. The molecule has 0 aromatic heterocycles. The van der Waals surface area contributed by atoms with Gasteiger partial charge >= 0.3 is 0 Å². The Labute approximate surface area is 141 Å². The first-order valence-electron chi connectivity index (χ1n) is 9.94. The number of carbonyl (C=O) groups excluding carboxylic acids is 1. The first-order chi connectivity index (χ1) is 10.7. The van der Waals surface area contributed by atoms with Crippen LogP contribution in [0.15, 0.2) is 0 Å². The Balaban J connectivity index is 1.66. The van der Waals surface area contributed by atoms with Gasteiger partial charge in [0.15, 0.2) is 5.78 Å². The highest BCUT2D eigenvalue weighted by molar-refractivity contribution is 5.87. The Hall–Kier alpha value is -0.370. The molecule has 3 unspecified atom stereocenters. The van der Waals surface area contributed by atoms with E-state index in [9.17, 15) is 9.90 Å². The summed E-state index contributed by atoms with van der Waals surface area (Å²) in [5.74, 6) is 3.92. The van der Waals surface area contributed by atoms with E-state index in [1.807, 2.05) is 0 Å². The summed E-state index contributed by atoms with van der Waals surface area (Å²) in [6, 6.07) is 0. The minimum atomic E-state index is -1.09. The van der Waals surface area contributed by atoms with Gasteiger partial charge in [0.2, 0.25) is 0 Å². The van der Waals surface area contributed by atoms with Crippen molar-refractivity contribution in [1.29, 1.82) is 0 Å². The van der Waals surface area contributed by atoms with Crippen molar-refractivity contribution in [2.75, 3.05) is 0 Å². The van der Waals surface area contributed by atoms with Gasteiger partial charge in [0, 0.05) is 6.42 Å². The van der Waals surface area contributed by atoms with Crippen LogP contribution in [0.3, 0.4) is 0 Å². The molecule has 130 valence electrons. The summed E-state index contributed by atoms with van der Waals surface area (Å²) in [6.45, 7) is 9.21. The van der Waals surface area contributed by atoms with E-state index >= 15 is 0 Å². The number of aliphatic hydroxyl groups is 1. The summed E-state index contributed by atoms with van der Waals surface area (Å²) in [4.78, 5) is 12.3. The molecule has 0 bridgehead atoms. The summed E-state index contributed by atoms with van der Waals surface area (Å²) in [5.41, 5.74) is -0.359. The summed E-state index contributed by atoms with van der Waals surface area (Å²) in [7, 11) is 0. The van der Waals surface area contributed by atoms with Crippen molar-refractivity contribution < 1.29 is 9.90 Å². The average Bonchev–Trinajstić information content (AvgIpc) is 2.76. The zero-order valence-corrected chi connectivity index (χ0v) is 15.4. The van der Waals surface area contributed by atoms with Crippen LogP contribution in [0, 0.1) is 40.4 Å². The fraction of sp³-hybridized carbons (Fsp3) is 0.952. The van der Waals surface area contributed by atoms with Crippen molar-refractivity contribution in [3.05, 3.63) is 0 Å². The number of fused-ring (bicyclic) bond motifs is 5. The van der Waals surface area contributed by atoms with Gasteiger partial charge in [-0.2, -0.15) is 0 Å². The van der Waals surface area contributed by atoms with Crippen LogP contribution in [0.25, 0.3) is 0 Å². The van der Waals surface area contributed by atoms with Crippen molar-refractivity contribution in [3.8, 4) is 0 Å². The summed E-state index contributed by atoms with van der Waals surface area (Å²) in [5, 5.41) is 10.7. The highest BCUT2D eigenvalue weighted by Gasteiger charge is 2.61. The maximum absolute atomic E-state index is 12.3. The molecule has 4 aliphatic rings. The van der Waals surface area contributed by atoms with Crippen molar-refractivity contribution in [1.82, 2.24) is 0 Å². The molecule has 2 nitrogen and oxygen atoms in total. The molecule has 0 aliphatic heterocycles. The minimum absolute atomic E-state index is 0.0913. The van der Waals surface area contributed by atoms with Crippen LogP contribution in [0.2, 0.25) is 0 Å². The van der Waals surface area contributed by atoms with Crippen molar-refractivity contribution in [2.45, 2.75) is 84.7 Å². The van der Waals surface area contributed by atoms with Gasteiger partial charge in [-0.05, 0) is 92.3 Å². The Bertz CT molecular complexity index is 524. The molecule has 4 fully saturated rings. The van der Waals surface area contributed by atoms with Gasteiger partial charge in [-0.3, -0.25) is 4.79 Å². The van der Waals surface area contributed by atoms with Crippen LogP contribution in [0.1, 0.15) is 79.1 Å². The Morgan fingerprint density at radius 3 is 2.39 bits per heavy atom. The first-order valence-corrected chi connectivity index (χ1v) is 9.94. The smallest absolute Gasteiger partial charge is 0.164 e. The van der Waals surface area contributed by atoms with Crippen LogP contribution in [-0.4, -0.2) is 16.5 Å². The number of hydrogen-bond acceptors (Lipinski definition) is 2. The fourth-order valence-corrected chi connectivity index (χ4v) is 7.69. The molecule has 0 aromatic carbocycles. The zero-order chi connectivity index (χ0) is 16.6. The van der Waals surface area contributed by atoms with Crippen LogP contribution >= 0.6 is 0 Å². The highest BCUT2D eigenvalue weighted by Crippen LogP contribution is 2.67. The van der Waals surface area contributed by atoms with Crippen LogP contribution < -0.4 is 0 Å². The highest BCUT2D eigenvalue weighted by atomic mass is 16.3. The molecular formula is C21H34O2. The van der Waals surface area contributed by atoms with E-state index in [2.05, 4.69) is 20.8 Å². The summed E-state index contributed by atoms with van der Waals surface area (Å²) in [6.07, 6.45) is 9.34. The lowest BCUT2D eigenvalue weighted by Crippen LogP contribution is -2.58. The zero-order valence-electron chi connectivity index (χ0n) is 15.4. The summed E-state index contributed by atoms with van der Waals surface area (Å²) < 4.78 is 0. The Morgan fingerprint density at radius 2 is 1.65 bits per heavy atom. The fourth-order valence-electron chi connectivity index (χ4n) is 7.69. The molecule has 4 saturated carbocycles. The summed E-state index contributed by atoms with van der Waals surface area (Å²) >= 11 is 0. The van der Waals surface area contributed by atoms with E-state index in [0.29, 0.717) is 24.2 Å². The first kappa shape index (κ1) is 16.1. The van der Waals surface area contributed by atoms with Gasteiger partial charge in [-0.15, -0.1) is 0 Å². The largest absolute Gasteiger partial charge is 0.382 e. The quantitative estimate of drug-likeness (QED) is 0.709. The van der Waals surface area contributed by atoms with Gasteiger partial charge < -0.3 is 5.11 Å². The lowest BCUT2D eigenvalue weighted by Gasteiger charge is -2.61. The second-order valence-corrected chi connectivity index (χ2v) is 10.3. The molecule has 0 aromatic rings. The number of Topliss-reactive ketones (excluding diaryl/α,β-unsaturated/α-hetero) is 1. The SMILES string of the molecule is CC1CC[C@H]2[C@@H]3CCC4CC(=O)C(C)(O)C[C@]4(C)[C@@H]3CC[C@]12C. The third-order valence-corrected chi connectivity index (χ3v) is 9.30. The van der Waals surface area contributed by atoms with E-state index < -0.39 is 5.60 Å². The second kappa shape index (κ2) is 4.84. The van der Waals surface area contributed by atoms with Crippen LogP contribution in [0.5, 0.6) is 0 Å². The Morgan fingerprint density at radius 1 is 0.957 bits per heavy atom. The topological polar surface area (TPSA) is 37.3 Å². The third-order valence-electron chi connectivity index (χ3n) is 9.30. The maximum Gasteiger partial charge on any atom is 0.164 e. The van der Waals surface area contributed by atoms with Gasteiger partial charge in [0.1, 0.15) is 5.60 Å². The van der Waals surface area contributed by atoms with Gasteiger partial charge in [0.25, 0.3) is 0 Å². The van der Waals surface area contributed by atoms with E-state index in [1.165, 1.54) is 38.5 Å². The maximum atomic E-state index is 12.3. The molecule has 23 heavy (non-hydrogen) atoms. The number of carbonyl (C=O) groups is 1. The minimum Gasteiger partial charge on any atom is -0.382 e. The normalized spacial score (nSPS) is 59.2. The molecular weight excluding hydrogens is 284 g/mol. The number of rotatable bonds is 0. The second-order valence-electron chi connectivity index (χ2n) is 10.3. The van der Waals surface area contributed by atoms with E-state index in [0.717, 1.165) is 23.7 Å². The van der Waals surface area contributed by atoms with Gasteiger partial charge in [-0.1, -0.05) is 20.8 Å². The molecule has 0 heterocycles. The number of hydrogen-bond donors (Lipinski definition) is 1. The molecule has 0 radical (unpaired) electrons. The van der Waals surface area contributed by atoms with Gasteiger partial charge in [0.05, 0.1) is 0 Å². The average molecular weight is 319 g/mol. The molecule has 0 amide bonds. The van der Waals surface area contributed by atoms with E-state index in [1.54, 1.807) is 6.92 Å². The molecule has 1 N–H and O–H groups in total. The standard InChI is InChI=1S/C21H34O2/c1-13-5-8-16-15-7-6-14-11-18(22)21(4,23)12-20(14,3)17(15)9-10-19(13,16)2/h13-17,23H,5-12H2,1-4H3/t13?,14?,15-,16-,17+,19+,20-,21?/m0/s1. The predicted octanol–water partition coefficient (Wildman–Crippen LogP) is 4.60. The monoisotopic (exact) mass is 318 g/mol. The lowest BCUT2D eigenvalue weighted by molar-refractivity contribution is -0.170. The molecule has 0 saturated heterocycles. The molecule has 4 rings (SSSR count). The predicted molar refractivity (Wildman–Crippen MR) is 91.9 cm³/mol. The number of ketones is 1. The lowest BCUT2D eigenvalue weighted by atomic mass is 9.43. The van der Waals surface area contributed by atoms with Gasteiger partial charge in [-0.25, -0.2) is 0 Å². The third kappa shape index (κ3) is 2.06. The van der Waals surface area contributed by atoms with Crippen molar-refractivity contribution in [3.63, 3.8) is 0 Å². The molecule has 8 atom stereocenters. The molecule has 2 heteroatoms. The molecule has 4 aliphatic carbocycles. The van der Waals surface area contributed by atoms with E-state index in [-0.39, 0.29) is 11.2 Å². The van der Waals surface area contributed by atoms with Crippen LogP contribution in [-0.2, 0) is 4.79 Å². The van der Waals surface area contributed by atoms with Crippen molar-refractivity contribution >= 4 is 5.78 Å². The van der Waals surface area contributed by atoms with E-state index in [4.69, 9.17) is 0 Å².